The van der Waals surface area contributed by atoms with E-state index in [-0.39, 0.29) is 42.0 Å². The number of nitrogens with zero attached hydrogens (tertiary/aromatic N) is 1. The molecule has 3 rings (SSSR count). The predicted molar refractivity (Wildman–Crippen MR) is 110 cm³/mol. The highest BCUT2D eigenvalue weighted by molar-refractivity contribution is 6.25. The molecule has 1 aliphatic heterocycles. The van der Waals surface area contributed by atoms with Crippen molar-refractivity contribution in [3.05, 3.63) is 29.3 Å². The maximum atomic E-state index is 13.1. The summed E-state index contributed by atoms with van der Waals surface area (Å²) in [7, 11) is 0. The Morgan fingerprint density at radius 2 is 1.80 bits per heavy atom. The zero-order valence-corrected chi connectivity index (χ0v) is 17.3. The van der Waals surface area contributed by atoms with Gasteiger partial charge < -0.3 is 14.8 Å². The van der Waals surface area contributed by atoms with Gasteiger partial charge in [0.2, 0.25) is 0 Å². The molecule has 1 fully saturated rings. The first-order chi connectivity index (χ1) is 14.5. The number of benzene rings is 1. The number of ether oxygens (including phenoxy) is 2. The Morgan fingerprint density at radius 3 is 2.60 bits per heavy atom. The van der Waals surface area contributed by atoms with E-state index >= 15 is 0 Å². The van der Waals surface area contributed by atoms with Gasteiger partial charge in [-0.05, 0) is 31.9 Å². The van der Waals surface area contributed by atoms with E-state index in [0.717, 1.165) is 4.90 Å². The van der Waals surface area contributed by atoms with Gasteiger partial charge in [-0.1, -0.05) is 6.07 Å². The highest BCUT2D eigenvalue weighted by Gasteiger charge is 2.44. The minimum Gasteiger partial charge on any atom is -0.382 e. The number of ketones is 2. The second-order valence-electron chi connectivity index (χ2n) is 7.36. The van der Waals surface area contributed by atoms with Crippen molar-refractivity contribution < 1.29 is 28.7 Å². The maximum absolute atomic E-state index is 13.1. The van der Waals surface area contributed by atoms with E-state index in [1.54, 1.807) is 18.2 Å². The highest BCUT2D eigenvalue weighted by atomic mass is 16.5. The number of anilines is 1. The van der Waals surface area contributed by atoms with Crippen LogP contribution in [0.3, 0.4) is 0 Å². The molecule has 1 aromatic rings. The van der Waals surface area contributed by atoms with Crippen LogP contribution in [0.1, 0.15) is 59.7 Å². The Balaban J connectivity index is 1.69. The third kappa shape index (κ3) is 4.94. The molecule has 1 N–H and O–H groups in total. The molecule has 0 aromatic heterocycles. The lowest BCUT2D eigenvalue weighted by Crippen LogP contribution is -2.45. The first kappa shape index (κ1) is 22.1. The summed E-state index contributed by atoms with van der Waals surface area (Å²) in [6.07, 6.45) is 1.44. The molecule has 0 bridgehead atoms. The molecule has 0 radical (unpaired) electrons. The monoisotopic (exact) mass is 416 g/mol. The van der Waals surface area contributed by atoms with E-state index < -0.39 is 17.9 Å². The molecule has 30 heavy (non-hydrogen) atoms. The van der Waals surface area contributed by atoms with Gasteiger partial charge in [0, 0.05) is 38.1 Å². The van der Waals surface area contributed by atoms with Crippen LogP contribution in [0.15, 0.2) is 18.2 Å². The number of amides is 2. The van der Waals surface area contributed by atoms with Crippen LogP contribution >= 0.6 is 0 Å². The van der Waals surface area contributed by atoms with Crippen LogP contribution in [0, 0.1) is 0 Å². The predicted octanol–water partition coefficient (Wildman–Crippen LogP) is 2.22. The lowest BCUT2D eigenvalue weighted by Gasteiger charge is -2.26. The van der Waals surface area contributed by atoms with Gasteiger partial charge in [0.1, 0.15) is 5.78 Å². The zero-order valence-electron chi connectivity index (χ0n) is 17.3. The molecule has 2 amide bonds. The fourth-order valence-corrected chi connectivity index (χ4v) is 3.84. The van der Waals surface area contributed by atoms with Gasteiger partial charge in [0.05, 0.1) is 37.0 Å². The lowest BCUT2D eigenvalue weighted by atomic mass is 9.94. The molecule has 0 spiro atoms. The quantitative estimate of drug-likeness (QED) is 0.486. The first-order valence-electron chi connectivity index (χ1n) is 10.5. The first-order valence-corrected chi connectivity index (χ1v) is 10.5. The van der Waals surface area contributed by atoms with Gasteiger partial charge in [-0.25, -0.2) is 0 Å². The average molecular weight is 416 g/mol. The minimum atomic E-state index is -0.878. The molecule has 1 unspecified atom stereocenters. The van der Waals surface area contributed by atoms with Crippen molar-refractivity contribution in [2.75, 3.05) is 38.3 Å². The SMILES string of the molecule is CCOCCOCCNc1cccc2c1C(=O)N(C1CCC(=O)CCCC1=O)C2=O. The number of Topliss-reactive ketones (excluding diaryl/α,β-unsaturated/α-hetero) is 2. The third-order valence-electron chi connectivity index (χ3n) is 5.34. The van der Waals surface area contributed by atoms with Crippen molar-refractivity contribution in [3.63, 3.8) is 0 Å². The summed E-state index contributed by atoms with van der Waals surface area (Å²) >= 11 is 0. The van der Waals surface area contributed by atoms with Crippen LogP contribution < -0.4 is 5.32 Å². The number of carbonyl (C=O) groups is 4. The van der Waals surface area contributed by atoms with Crippen LogP contribution in [0.25, 0.3) is 0 Å². The zero-order chi connectivity index (χ0) is 21.5. The topological polar surface area (TPSA) is 102 Å². The summed E-state index contributed by atoms with van der Waals surface area (Å²) < 4.78 is 10.7. The molecule has 2 aliphatic rings. The van der Waals surface area contributed by atoms with Crippen LogP contribution in [0.2, 0.25) is 0 Å². The van der Waals surface area contributed by atoms with E-state index in [1.807, 2.05) is 6.92 Å². The molecular weight excluding hydrogens is 388 g/mol. The van der Waals surface area contributed by atoms with Gasteiger partial charge in [-0.2, -0.15) is 0 Å². The van der Waals surface area contributed by atoms with Crippen molar-refractivity contribution in [1.29, 1.82) is 0 Å². The van der Waals surface area contributed by atoms with Crippen molar-refractivity contribution >= 4 is 29.1 Å². The van der Waals surface area contributed by atoms with Crippen LogP contribution in [-0.4, -0.2) is 67.3 Å². The van der Waals surface area contributed by atoms with Gasteiger partial charge in [-0.3, -0.25) is 24.1 Å². The Labute approximate surface area is 175 Å². The molecular formula is C22H28N2O6. The molecule has 8 nitrogen and oxygen atoms in total. The average Bonchev–Trinajstić information content (AvgIpc) is 2.98. The standard InChI is InChI=1S/C22H28N2O6/c1-2-29-13-14-30-12-11-23-17-7-4-6-16-20(17)22(28)24(21(16)27)18-10-9-15(25)5-3-8-19(18)26/h4,6-7,18,23H,2-3,5,8-14H2,1H3. The van der Waals surface area contributed by atoms with Crippen molar-refractivity contribution in [3.8, 4) is 0 Å². The number of rotatable bonds is 9. The number of hydrogen-bond acceptors (Lipinski definition) is 7. The second kappa shape index (κ2) is 10.4. The van der Waals surface area contributed by atoms with Crippen molar-refractivity contribution in [1.82, 2.24) is 4.90 Å². The number of hydrogen-bond donors (Lipinski definition) is 1. The Bertz CT molecular complexity index is 822. The van der Waals surface area contributed by atoms with Gasteiger partial charge in [-0.15, -0.1) is 0 Å². The summed E-state index contributed by atoms with van der Waals surface area (Å²) in [6.45, 7) is 4.45. The number of nitrogens with one attached hydrogen (secondary N) is 1. The van der Waals surface area contributed by atoms with Crippen molar-refractivity contribution in [2.24, 2.45) is 0 Å². The Kier molecular flexibility index (Phi) is 7.70. The molecule has 8 heteroatoms. The van der Waals surface area contributed by atoms with Gasteiger partial charge >= 0.3 is 0 Å². The molecule has 1 saturated carbocycles. The molecule has 1 atom stereocenters. The van der Waals surface area contributed by atoms with E-state index in [9.17, 15) is 19.2 Å². The molecule has 1 heterocycles. The van der Waals surface area contributed by atoms with E-state index in [4.69, 9.17) is 9.47 Å². The Hall–Kier alpha value is -2.58. The summed E-state index contributed by atoms with van der Waals surface area (Å²) in [5.41, 5.74) is 1.09. The van der Waals surface area contributed by atoms with E-state index in [2.05, 4.69) is 5.32 Å². The molecule has 0 saturated heterocycles. The van der Waals surface area contributed by atoms with E-state index in [1.165, 1.54) is 0 Å². The summed E-state index contributed by atoms with van der Waals surface area (Å²) in [5.74, 6) is -1.05. The number of imide groups is 1. The third-order valence-corrected chi connectivity index (χ3v) is 5.34. The summed E-state index contributed by atoms with van der Waals surface area (Å²) in [6, 6.07) is 4.15. The minimum absolute atomic E-state index is 0.0656. The highest BCUT2D eigenvalue weighted by Crippen LogP contribution is 2.32. The normalized spacial score (nSPS) is 19.6. The largest absolute Gasteiger partial charge is 0.382 e. The van der Waals surface area contributed by atoms with Crippen LogP contribution in [0.4, 0.5) is 5.69 Å². The second-order valence-corrected chi connectivity index (χ2v) is 7.36. The lowest BCUT2D eigenvalue weighted by molar-refractivity contribution is -0.125. The fraction of sp³-hybridized carbons (Fsp3) is 0.545. The Morgan fingerprint density at radius 1 is 1.00 bits per heavy atom. The van der Waals surface area contributed by atoms with Crippen molar-refractivity contribution in [2.45, 2.75) is 45.1 Å². The van der Waals surface area contributed by atoms with Gasteiger partial charge in [0.15, 0.2) is 5.78 Å². The molecule has 1 aliphatic carbocycles. The number of fused-ring (bicyclic) bond motifs is 1. The maximum Gasteiger partial charge on any atom is 0.264 e. The summed E-state index contributed by atoms with van der Waals surface area (Å²) in [5, 5.41) is 3.15. The summed E-state index contributed by atoms with van der Waals surface area (Å²) in [4.78, 5) is 51.6. The number of carbonyl (C=O) groups excluding carboxylic acids is 4. The van der Waals surface area contributed by atoms with Gasteiger partial charge in [0.25, 0.3) is 11.8 Å². The van der Waals surface area contributed by atoms with E-state index in [0.29, 0.717) is 51.5 Å². The molecule has 162 valence electrons. The van der Waals surface area contributed by atoms with Crippen LogP contribution in [-0.2, 0) is 19.1 Å². The smallest absolute Gasteiger partial charge is 0.264 e. The fourth-order valence-electron chi connectivity index (χ4n) is 3.84. The molecule has 1 aromatic carbocycles. The van der Waals surface area contributed by atoms with Crippen LogP contribution in [0.5, 0.6) is 0 Å².